The van der Waals surface area contributed by atoms with Gasteiger partial charge in [0.2, 0.25) is 0 Å². The van der Waals surface area contributed by atoms with Crippen molar-refractivity contribution in [3.05, 3.63) is 51.6 Å². The SMILES string of the molecule is CCOC(C)c1nccn1Cc1ccc(I)cc1. The van der Waals surface area contributed by atoms with Crippen molar-refractivity contribution in [2.45, 2.75) is 26.5 Å². The van der Waals surface area contributed by atoms with Gasteiger partial charge >= 0.3 is 0 Å². The summed E-state index contributed by atoms with van der Waals surface area (Å²) in [5.74, 6) is 0.982. The van der Waals surface area contributed by atoms with E-state index in [0.29, 0.717) is 6.61 Å². The Hall–Kier alpha value is -0.880. The van der Waals surface area contributed by atoms with E-state index < -0.39 is 0 Å². The van der Waals surface area contributed by atoms with Crippen LogP contribution in [-0.4, -0.2) is 16.2 Å². The minimum absolute atomic E-state index is 0.0360. The van der Waals surface area contributed by atoms with Crippen LogP contribution >= 0.6 is 22.6 Å². The van der Waals surface area contributed by atoms with E-state index in [9.17, 15) is 0 Å². The lowest BCUT2D eigenvalue weighted by Crippen LogP contribution is -2.10. The second-order valence-electron chi connectivity index (χ2n) is 4.14. The second-order valence-corrected chi connectivity index (χ2v) is 5.38. The van der Waals surface area contributed by atoms with Crippen molar-refractivity contribution in [3.8, 4) is 0 Å². The molecule has 2 rings (SSSR count). The van der Waals surface area contributed by atoms with Crippen molar-refractivity contribution in [2.24, 2.45) is 0 Å². The Labute approximate surface area is 121 Å². The molecule has 1 aromatic carbocycles. The molecule has 0 bridgehead atoms. The highest BCUT2D eigenvalue weighted by atomic mass is 127. The van der Waals surface area contributed by atoms with Crippen LogP contribution in [0.4, 0.5) is 0 Å². The Morgan fingerprint density at radius 2 is 2.06 bits per heavy atom. The Balaban J connectivity index is 2.14. The first kappa shape index (κ1) is 13.5. The van der Waals surface area contributed by atoms with Gasteiger partial charge in [0.1, 0.15) is 11.9 Å². The predicted molar refractivity (Wildman–Crippen MR) is 80.5 cm³/mol. The van der Waals surface area contributed by atoms with Crippen LogP contribution in [0.25, 0.3) is 0 Å². The van der Waals surface area contributed by atoms with Crippen LogP contribution in [-0.2, 0) is 11.3 Å². The Morgan fingerprint density at radius 3 is 2.72 bits per heavy atom. The van der Waals surface area contributed by atoms with Crippen LogP contribution in [0.5, 0.6) is 0 Å². The minimum Gasteiger partial charge on any atom is -0.371 e. The fraction of sp³-hybridized carbons (Fsp3) is 0.357. The molecule has 1 heterocycles. The fourth-order valence-electron chi connectivity index (χ4n) is 1.92. The molecule has 0 N–H and O–H groups in total. The molecular formula is C14H17IN2O. The first-order valence-corrected chi connectivity index (χ1v) is 7.15. The zero-order valence-corrected chi connectivity index (χ0v) is 12.8. The third kappa shape index (κ3) is 3.32. The van der Waals surface area contributed by atoms with Gasteiger partial charge in [-0.15, -0.1) is 0 Å². The van der Waals surface area contributed by atoms with Gasteiger partial charge in [0, 0.05) is 29.1 Å². The summed E-state index contributed by atoms with van der Waals surface area (Å²) in [5.41, 5.74) is 1.28. The topological polar surface area (TPSA) is 27.1 Å². The molecule has 0 saturated carbocycles. The molecule has 0 spiro atoms. The second kappa shape index (κ2) is 6.33. The molecule has 0 radical (unpaired) electrons. The van der Waals surface area contributed by atoms with Crippen molar-refractivity contribution in [1.29, 1.82) is 0 Å². The molecule has 0 aliphatic carbocycles. The molecule has 0 saturated heterocycles. The highest BCUT2D eigenvalue weighted by Gasteiger charge is 2.11. The van der Waals surface area contributed by atoms with Crippen molar-refractivity contribution in [2.75, 3.05) is 6.61 Å². The smallest absolute Gasteiger partial charge is 0.137 e. The van der Waals surface area contributed by atoms with Gasteiger partial charge in [0.15, 0.2) is 0 Å². The Kier molecular flexibility index (Phi) is 4.77. The summed E-state index contributed by atoms with van der Waals surface area (Å²) >= 11 is 2.32. The average molecular weight is 356 g/mol. The van der Waals surface area contributed by atoms with Crippen LogP contribution in [0.3, 0.4) is 0 Å². The lowest BCUT2D eigenvalue weighted by atomic mass is 10.2. The van der Waals surface area contributed by atoms with Gasteiger partial charge in [-0.25, -0.2) is 4.98 Å². The highest BCUT2D eigenvalue weighted by molar-refractivity contribution is 14.1. The van der Waals surface area contributed by atoms with Gasteiger partial charge in [-0.05, 0) is 54.1 Å². The van der Waals surface area contributed by atoms with Crippen molar-refractivity contribution in [1.82, 2.24) is 9.55 Å². The number of halogens is 1. The summed E-state index contributed by atoms with van der Waals surface area (Å²) in [7, 11) is 0. The van der Waals surface area contributed by atoms with Crippen molar-refractivity contribution >= 4 is 22.6 Å². The maximum atomic E-state index is 5.60. The van der Waals surface area contributed by atoms with Crippen LogP contribution in [0.1, 0.15) is 31.3 Å². The van der Waals surface area contributed by atoms with Gasteiger partial charge in [0.05, 0.1) is 0 Å². The van der Waals surface area contributed by atoms with Crippen LogP contribution in [0.15, 0.2) is 36.7 Å². The molecule has 18 heavy (non-hydrogen) atoms. The molecule has 2 aromatic rings. The zero-order valence-electron chi connectivity index (χ0n) is 10.6. The summed E-state index contributed by atoms with van der Waals surface area (Å²) in [6.07, 6.45) is 3.87. The minimum atomic E-state index is 0.0360. The predicted octanol–water partition coefficient (Wildman–Crippen LogP) is 3.63. The molecule has 0 aliphatic heterocycles. The number of benzene rings is 1. The molecule has 4 heteroatoms. The molecule has 1 atom stereocenters. The number of rotatable bonds is 5. The van der Waals surface area contributed by atoms with Crippen LogP contribution in [0.2, 0.25) is 0 Å². The van der Waals surface area contributed by atoms with E-state index >= 15 is 0 Å². The van der Waals surface area contributed by atoms with E-state index in [1.807, 2.05) is 26.2 Å². The third-order valence-corrected chi connectivity index (χ3v) is 3.51. The van der Waals surface area contributed by atoms with Crippen molar-refractivity contribution in [3.63, 3.8) is 0 Å². The first-order valence-electron chi connectivity index (χ1n) is 6.07. The first-order chi connectivity index (χ1) is 8.70. The largest absolute Gasteiger partial charge is 0.371 e. The number of hydrogen-bond donors (Lipinski definition) is 0. The number of aromatic nitrogens is 2. The molecule has 3 nitrogen and oxygen atoms in total. The van der Waals surface area contributed by atoms with Crippen molar-refractivity contribution < 1.29 is 4.74 Å². The molecule has 96 valence electrons. The van der Waals surface area contributed by atoms with Crippen LogP contribution in [0, 0.1) is 3.57 Å². The third-order valence-electron chi connectivity index (χ3n) is 2.79. The normalized spacial score (nSPS) is 12.6. The van der Waals surface area contributed by atoms with E-state index in [1.54, 1.807) is 0 Å². The average Bonchev–Trinajstić information content (AvgIpc) is 2.81. The molecule has 0 aliphatic rings. The summed E-state index contributed by atoms with van der Waals surface area (Å²) in [6.45, 7) is 5.58. The van der Waals surface area contributed by atoms with Gasteiger partial charge in [0.25, 0.3) is 0 Å². The number of nitrogens with zero attached hydrogens (tertiary/aromatic N) is 2. The number of hydrogen-bond acceptors (Lipinski definition) is 2. The van der Waals surface area contributed by atoms with E-state index in [0.717, 1.165) is 12.4 Å². The molecule has 0 amide bonds. The van der Waals surface area contributed by atoms with Gasteiger partial charge < -0.3 is 9.30 Å². The Bertz CT molecular complexity index is 493. The van der Waals surface area contributed by atoms with Crippen LogP contribution < -0.4 is 0 Å². The van der Waals surface area contributed by atoms with Gasteiger partial charge in [-0.3, -0.25) is 0 Å². The quantitative estimate of drug-likeness (QED) is 0.765. The lowest BCUT2D eigenvalue weighted by molar-refractivity contribution is 0.0677. The summed E-state index contributed by atoms with van der Waals surface area (Å²) in [5, 5.41) is 0. The standard InChI is InChI=1S/C14H17IN2O/c1-3-18-11(2)14-16-8-9-17(14)10-12-4-6-13(15)7-5-12/h4-9,11H,3,10H2,1-2H3. The van der Waals surface area contributed by atoms with E-state index in [-0.39, 0.29) is 6.10 Å². The lowest BCUT2D eigenvalue weighted by Gasteiger charge is -2.14. The Morgan fingerprint density at radius 1 is 1.33 bits per heavy atom. The maximum Gasteiger partial charge on any atom is 0.137 e. The number of imidazole rings is 1. The summed E-state index contributed by atoms with van der Waals surface area (Å²) in [4.78, 5) is 4.38. The fourth-order valence-corrected chi connectivity index (χ4v) is 2.28. The molecule has 1 unspecified atom stereocenters. The molecule has 0 fully saturated rings. The summed E-state index contributed by atoms with van der Waals surface area (Å²) < 4.78 is 9.00. The molecular weight excluding hydrogens is 339 g/mol. The van der Waals surface area contributed by atoms with E-state index in [4.69, 9.17) is 4.74 Å². The zero-order chi connectivity index (χ0) is 13.0. The molecule has 1 aromatic heterocycles. The van der Waals surface area contributed by atoms with E-state index in [1.165, 1.54) is 9.13 Å². The van der Waals surface area contributed by atoms with Gasteiger partial charge in [-0.2, -0.15) is 0 Å². The maximum absolute atomic E-state index is 5.60. The van der Waals surface area contributed by atoms with Gasteiger partial charge in [-0.1, -0.05) is 12.1 Å². The summed E-state index contributed by atoms with van der Waals surface area (Å²) in [6, 6.07) is 8.55. The number of ether oxygens (including phenoxy) is 1. The monoisotopic (exact) mass is 356 g/mol. The van der Waals surface area contributed by atoms with E-state index in [2.05, 4.69) is 56.4 Å². The highest BCUT2D eigenvalue weighted by Crippen LogP contribution is 2.16.